The van der Waals surface area contributed by atoms with E-state index >= 15 is 0 Å². The lowest BCUT2D eigenvalue weighted by Crippen LogP contribution is -2.47. The minimum Gasteiger partial charge on any atom is -0.378 e. The Morgan fingerprint density at radius 3 is 2.26 bits per heavy atom. The summed E-state index contributed by atoms with van der Waals surface area (Å²) in [4.78, 5) is 27.9. The Kier molecular flexibility index (Phi) is 5.19. The average molecular weight is 268 g/mol. The Balaban J connectivity index is 1.79. The fourth-order valence-corrected chi connectivity index (χ4v) is 2.79. The summed E-state index contributed by atoms with van der Waals surface area (Å²) < 4.78 is 5.27. The molecular formula is C14H24N2O3. The van der Waals surface area contributed by atoms with Gasteiger partial charge in [0.05, 0.1) is 13.2 Å². The van der Waals surface area contributed by atoms with Gasteiger partial charge in [0.25, 0.3) is 0 Å². The molecule has 0 unspecified atom stereocenters. The Hall–Kier alpha value is -1.10. The van der Waals surface area contributed by atoms with Gasteiger partial charge in [0.1, 0.15) is 0 Å². The number of rotatable bonds is 3. The lowest BCUT2D eigenvalue weighted by atomic mass is 9.95. The number of hydrogen-bond donors (Lipinski definition) is 0. The molecule has 0 aliphatic carbocycles. The Labute approximate surface area is 114 Å². The highest BCUT2D eigenvalue weighted by molar-refractivity contribution is 5.80. The molecule has 0 aromatic heterocycles. The third kappa shape index (κ3) is 3.69. The van der Waals surface area contributed by atoms with Crippen LogP contribution in [-0.4, -0.2) is 61.0 Å². The fraction of sp³-hybridized carbons (Fsp3) is 0.857. The molecule has 0 spiro atoms. The molecule has 0 atom stereocenters. The summed E-state index contributed by atoms with van der Waals surface area (Å²) in [6.45, 7) is 6.23. The monoisotopic (exact) mass is 268 g/mol. The first-order valence-corrected chi connectivity index (χ1v) is 7.36. The second kappa shape index (κ2) is 6.89. The van der Waals surface area contributed by atoms with Crippen LogP contribution in [0.25, 0.3) is 0 Å². The molecule has 0 bridgehead atoms. The fourth-order valence-electron chi connectivity index (χ4n) is 2.79. The third-order valence-corrected chi connectivity index (χ3v) is 3.98. The number of carbonyl (C=O) groups excluding carboxylic acids is 2. The first-order valence-electron chi connectivity index (χ1n) is 7.36. The highest BCUT2D eigenvalue weighted by Gasteiger charge is 2.30. The summed E-state index contributed by atoms with van der Waals surface area (Å²) in [5.74, 6) is 0.592. The van der Waals surface area contributed by atoms with Crippen molar-refractivity contribution in [3.8, 4) is 0 Å². The van der Waals surface area contributed by atoms with Gasteiger partial charge in [-0.2, -0.15) is 0 Å². The molecule has 2 rings (SSSR count). The number of hydrogen-bond acceptors (Lipinski definition) is 3. The molecule has 2 fully saturated rings. The van der Waals surface area contributed by atoms with Crippen molar-refractivity contribution in [2.24, 2.45) is 5.92 Å². The summed E-state index contributed by atoms with van der Waals surface area (Å²) in [7, 11) is 0. The summed E-state index contributed by atoms with van der Waals surface area (Å²) in [6, 6.07) is 0. The van der Waals surface area contributed by atoms with E-state index in [1.807, 2.05) is 16.7 Å². The lowest BCUT2D eigenvalue weighted by molar-refractivity contribution is -0.143. The average Bonchev–Trinajstić information content (AvgIpc) is 2.48. The number of nitrogens with zero attached hydrogens (tertiary/aromatic N) is 2. The zero-order chi connectivity index (χ0) is 13.7. The quantitative estimate of drug-likeness (QED) is 0.763. The summed E-state index contributed by atoms with van der Waals surface area (Å²) in [5.41, 5.74) is 0. The Bertz CT molecular complexity index is 319. The first-order chi connectivity index (χ1) is 9.22. The molecule has 2 aliphatic heterocycles. The van der Waals surface area contributed by atoms with Crippen molar-refractivity contribution in [2.75, 3.05) is 39.4 Å². The van der Waals surface area contributed by atoms with E-state index < -0.39 is 0 Å². The van der Waals surface area contributed by atoms with Gasteiger partial charge in [0.2, 0.25) is 11.8 Å². The maximum atomic E-state index is 12.3. The van der Waals surface area contributed by atoms with Gasteiger partial charge < -0.3 is 14.5 Å². The second-order valence-electron chi connectivity index (χ2n) is 5.34. The van der Waals surface area contributed by atoms with Crippen LogP contribution in [0.2, 0.25) is 0 Å². The molecule has 2 heterocycles. The lowest BCUT2D eigenvalue weighted by Gasteiger charge is -2.35. The molecule has 0 N–H and O–H groups in total. The predicted molar refractivity (Wildman–Crippen MR) is 71.6 cm³/mol. The maximum Gasteiger partial charge on any atom is 0.225 e. The normalized spacial score (nSPS) is 21.5. The zero-order valence-corrected chi connectivity index (χ0v) is 11.8. The van der Waals surface area contributed by atoms with E-state index in [-0.39, 0.29) is 17.7 Å². The molecule has 5 heteroatoms. The summed E-state index contributed by atoms with van der Waals surface area (Å²) in [5, 5.41) is 0. The largest absolute Gasteiger partial charge is 0.378 e. The third-order valence-electron chi connectivity index (χ3n) is 3.98. The van der Waals surface area contributed by atoms with Gasteiger partial charge in [0, 0.05) is 38.5 Å². The molecule has 2 saturated heterocycles. The van der Waals surface area contributed by atoms with Gasteiger partial charge in [-0.3, -0.25) is 9.59 Å². The van der Waals surface area contributed by atoms with E-state index in [2.05, 4.69) is 0 Å². The zero-order valence-electron chi connectivity index (χ0n) is 11.8. The van der Waals surface area contributed by atoms with Crippen LogP contribution in [0.15, 0.2) is 0 Å². The Morgan fingerprint density at radius 2 is 1.68 bits per heavy atom. The van der Waals surface area contributed by atoms with E-state index in [0.29, 0.717) is 32.7 Å². The molecule has 108 valence electrons. The number of ether oxygens (including phenoxy) is 1. The van der Waals surface area contributed by atoms with Crippen LogP contribution in [0.3, 0.4) is 0 Å². The number of piperidine rings is 1. The van der Waals surface area contributed by atoms with Gasteiger partial charge in [-0.1, -0.05) is 6.92 Å². The van der Waals surface area contributed by atoms with Gasteiger partial charge in [-0.15, -0.1) is 0 Å². The molecular weight excluding hydrogens is 244 g/mol. The van der Waals surface area contributed by atoms with Crippen LogP contribution >= 0.6 is 0 Å². The highest BCUT2D eigenvalue weighted by Crippen LogP contribution is 2.21. The Morgan fingerprint density at radius 1 is 1.05 bits per heavy atom. The molecule has 2 aliphatic rings. The maximum absolute atomic E-state index is 12.3. The van der Waals surface area contributed by atoms with Crippen LogP contribution in [-0.2, 0) is 14.3 Å². The van der Waals surface area contributed by atoms with E-state index in [0.717, 1.165) is 32.4 Å². The molecule has 0 aromatic carbocycles. The van der Waals surface area contributed by atoms with Crippen LogP contribution in [0.5, 0.6) is 0 Å². The molecule has 19 heavy (non-hydrogen) atoms. The minimum atomic E-state index is 0.101. The SMILES string of the molecule is CCCC(=O)N1CCC(C(=O)N2CCOCC2)CC1. The van der Waals surface area contributed by atoms with Gasteiger partial charge in [0.15, 0.2) is 0 Å². The smallest absolute Gasteiger partial charge is 0.225 e. The predicted octanol–water partition coefficient (Wildman–Crippen LogP) is 0.884. The van der Waals surface area contributed by atoms with Crippen molar-refractivity contribution in [2.45, 2.75) is 32.6 Å². The second-order valence-corrected chi connectivity index (χ2v) is 5.34. The first kappa shape index (κ1) is 14.3. The van der Waals surface area contributed by atoms with E-state index in [4.69, 9.17) is 4.74 Å². The van der Waals surface area contributed by atoms with E-state index in [9.17, 15) is 9.59 Å². The number of morpholine rings is 1. The minimum absolute atomic E-state index is 0.101. The van der Waals surface area contributed by atoms with Crippen LogP contribution in [0.1, 0.15) is 32.6 Å². The van der Waals surface area contributed by atoms with Crippen molar-refractivity contribution in [1.29, 1.82) is 0 Å². The van der Waals surface area contributed by atoms with Gasteiger partial charge in [-0.05, 0) is 19.3 Å². The van der Waals surface area contributed by atoms with Crippen molar-refractivity contribution in [3.63, 3.8) is 0 Å². The van der Waals surface area contributed by atoms with Crippen molar-refractivity contribution in [1.82, 2.24) is 9.80 Å². The molecule has 0 aromatic rings. The highest BCUT2D eigenvalue weighted by atomic mass is 16.5. The van der Waals surface area contributed by atoms with Crippen molar-refractivity contribution < 1.29 is 14.3 Å². The summed E-state index contributed by atoms with van der Waals surface area (Å²) >= 11 is 0. The number of likely N-dealkylation sites (tertiary alicyclic amines) is 1. The summed E-state index contributed by atoms with van der Waals surface area (Å²) in [6.07, 6.45) is 3.14. The van der Waals surface area contributed by atoms with Crippen LogP contribution < -0.4 is 0 Å². The molecule has 2 amide bonds. The van der Waals surface area contributed by atoms with E-state index in [1.165, 1.54) is 0 Å². The van der Waals surface area contributed by atoms with Crippen LogP contribution in [0.4, 0.5) is 0 Å². The van der Waals surface area contributed by atoms with Crippen molar-refractivity contribution >= 4 is 11.8 Å². The van der Waals surface area contributed by atoms with Gasteiger partial charge >= 0.3 is 0 Å². The van der Waals surface area contributed by atoms with Gasteiger partial charge in [-0.25, -0.2) is 0 Å². The molecule has 0 saturated carbocycles. The molecule has 0 radical (unpaired) electrons. The molecule has 5 nitrogen and oxygen atoms in total. The topological polar surface area (TPSA) is 49.9 Å². The van der Waals surface area contributed by atoms with Crippen LogP contribution in [0, 0.1) is 5.92 Å². The number of amides is 2. The van der Waals surface area contributed by atoms with E-state index in [1.54, 1.807) is 0 Å². The van der Waals surface area contributed by atoms with Crippen molar-refractivity contribution in [3.05, 3.63) is 0 Å². The standard InChI is InChI=1S/C14H24N2O3/c1-2-3-13(17)15-6-4-12(5-7-15)14(18)16-8-10-19-11-9-16/h12H,2-11H2,1H3. The number of carbonyl (C=O) groups is 2.